The van der Waals surface area contributed by atoms with Crippen molar-refractivity contribution in [3.05, 3.63) is 0 Å². The standard InChI is InChI=1S/C11H22N2O5S/c1-18-11(15)10-4-7-13(8-5-10)19(16,17)12-6-2-3-9-14/h10,12,14H,2-9H2,1H3. The second kappa shape index (κ2) is 7.78. The number of carbonyl (C=O) groups is 1. The summed E-state index contributed by atoms with van der Waals surface area (Å²) in [6.07, 6.45) is 2.16. The zero-order valence-electron chi connectivity index (χ0n) is 11.2. The molecule has 7 nitrogen and oxygen atoms in total. The maximum atomic E-state index is 11.9. The first-order chi connectivity index (χ1) is 9.01. The lowest BCUT2D eigenvalue weighted by Gasteiger charge is -2.29. The topological polar surface area (TPSA) is 95.9 Å². The lowest BCUT2D eigenvalue weighted by molar-refractivity contribution is -0.146. The summed E-state index contributed by atoms with van der Waals surface area (Å²) in [5.41, 5.74) is 0. The summed E-state index contributed by atoms with van der Waals surface area (Å²) in [7, 11) is -2.13. The number of carbonyl (C=O) groups excluding carboxylic acids is 1. The molecule has 0 atom stereocenters. The van der Waals surface area contributed by atoms with E-state index in [1.165, 1.54) is 11.4 Å². The Kier molecular flexibility index (Phi) is 6.70. The predicted molar refractivity (Wildman–Crippen MR) is 69.6 cm³/mol. The molecule has 0 unspecified atom stereocenters. The monoisotopic (exact) mass is 294 g/mol. The minimum absolute atomic E-state index is 0.0618. The van der Waals surface area contributed by atoms with Crippen LogP contribution in [0, 0.1) is 5.92 Å². The molecular formula is C11H22N2O5S. The van der Waals surface area contributed by atoms with Crippen molar-refractivity contribution in [3.63, 3.8) is 0 Å². The minimum Gasteiger partial charge on any atom is -0.469 e. The van der Waals surface area contributed by atoms with E-state index < -0.39 is 10.2 Å². The molecule has 8 heteroatoms. The molecule has 1 aliphatic heterocycles. The lowest BCUT2D eigenvalue weighted by Crippen LogP contribution is -2.46. The number of methoxy groups -OCH3 is 1. The van der Waals surface area contributed by atoms with Crippen molar-refractivity contribution in [1.29, 1.82) is 0 Å². The van der Waals surface area contributed by atoms with Crippen LogP contribution in [0.2, 0.25) is 0 Å². The number of nitrogens with zero attached hydrogens (tertiary/aromatic N) is 1. The molecule has 19 heavy (non-hydrogen) atoms. The van der Waals surface area contributed by atoms with Gasteiger partial charge in [0.25, 0.3) is 10.2 Å². The van der Waals surface area contributed by atoms with Gasteiger partial charge in [-0.15, -0.1) is 0 Å². The third-order valence-electron chi connectivity index (χ3n) is 3.20. The van der Waals surface area contributed by atoms with Crippen molar-refractivity contribution in [2.45, 2.75) is 25.7 Å². The van der Waals surface area contributed by atoms with Crippen LogP contribution in [0.4, 0.5) is 0 Å². The number of unbranched alkanes of at least 4 members (excludes halogenated alkanes) is 1. The first-order valence-corrected chi connectivity index (χ1v) is 7.88. The molecular weight excluding hydrogens is 272 g/mol. The Morgan fingerprint density at radius 3 is 2.53 bits per heavy atom. The Balaban J connectivity index is 2.39. The number of esters is 1. The number of aliphatic hydroxyl groups excluding tert-OH is 1. The van der Waals surface area contributed by atoms with E-state index in [2.05, 4.69) is 9.46 Å². The average molecular weight is 294 g/mol. The van der Waals surface area contributed by atoms with Crippen molar-refractivity contribution in [2.24, 2.45) is 5.92 Å². The first-order valence-electron chi connectivity index (χ1n) is 6.44. The molecule has 0 aromatic heterocycles. The smallest absolute Gasteiger partial charge is 0.308 e. The van der Waals surface area contributed by atoms with Gasteiger partial charge in [0.05, 0.1) is 13.0 Å². The normalized spacial score (nSPS) is 18.4. The summed E-state index contributed by atoms with van der Waals surface area (Å²) in [6, 6.07) is 0. The van der Waals surface area contributed by atoms with E-state index in [1.54, 1.807) is 0 Å². The van der Waals surface area contributed by atoms with Gasteiger partial charge in [0.15, 0.2) is 0 Å². The lowest BCUT2D eigenvalue weighted by atomic mass is 9.99. The summed E-state index contributed by atoms with van der Waals surface area (Å²) in [6.45, 7) is 1.04. The highest BCUT2D eigenvalue weighted by atomic mass is 32.2. The molecule has 1 aliphatic rings. The Bertz CT molecular complexity index is 377. The molecule has 0 bridgehead atoms. The zero-order valence-corrected chi connectivity index (χ0v) is 12.0. The van der Waals surface area contributed by atoms with Gasteiger partial charge < -0.3 is 9.84 Å². The molecule has 2 N–H and O–H groups in total. The summed E-state index contributed by atoms with van der Waals surface area (Å²) < 4.78 is 32.4. The third-order valence-corrected chi connectivity index (χ3v) is 4.81. The third kappa shape index (κ3) is 5.06. The van der Waals surface area contributed by atoms with Crippen LogP contribution in [0.1, 0.15) is 25.7 Å². The maximum Gasteiger partial charge on any atom is 0.308 e. The van der Waals surface area contributed by atoms with Crippen molar-refractivity contribution < 1.29 is 23.1 Å². The van der Waals surface area contributed by atoms with Crippen LogP contribution >= 0.6 is 0 Å². The Morgan fingerprint density at radius 2 is 2.00 bits per heavy atom. The molecule has 0 amide bonds. The van der Waals surface area contributed by atoms with E-state index in [-0.39, 0.29) is 18.5 Å². The van der Waals surface area contributed by atoms with Crippen molar-refractivity contribution in [3.8, 4) is 0 Å². The van der Waals surface area contributed by atoms with E-state index in [0.29, 0.717) is 45.3 Å². The quantitative estimate of drug-likeness (QED) is 0.486. The van der Waals surface area contributed by atoms with E-state index in [1.807, 2.05) is 0 Å². The van der Waals surface area contributed by atoms with Crippen LogP contribution in [0.5, 0.6) is 0 Å². The molecule has 1 rings (SSSR count). The number of piperidine rings is 1. The summed E-state index contributed by atoms with van der Waals surface area (Å²) in [4.78, 5) is 11.3. The number of hydrogen-bond donors (Lipinski definition) is 2. The molecule has 0 aliphatic carbocycles. The van der Waals surface area contributed by atoms with Gasteiger partial charge in [0, 0.05) is 26.2 Å². The Labute approximate surface area is 114 Å². The number of rotatable bonds is 7. The molecule has 0 saturated carbocycles. The first kappa shape index (κ1) is 16.4. The van der Waals surface area contributed by atoms with Crippen LogP contribution in [-0.4, -0.2) is 57.1 Å². The number of hydrogen-bond acceptors (Lipinski definition) is 5. The van der Waals surface area contributed by atoms with Gasteiger partial charge in [-0.3, -0.25) is 4.79 Å². The van der Waals surface area contributed by atoms with Crippen molar-refractivity contribution in [2.75, 3.05) is 33.4 Å². The van der Waals surface area contributed by atoms with Crippen LogP contribution in [0.3, 0.4) is 0 Å². The minimum atomic E-state index is -3.47. The summed E-state index contributed by atoms with van der Waals surface area (Å²) >= 11 is 0. The molecule has 1 fully saturated rings. The van der Waals surface area contributed by atoms with Crippen molar-refractivity contribution in [1.82, 2.24) is 9.03 Å². The second-order valence-electron chi connectivity index (χ2n) is 4.53. The molecule has 0 aromatic carbocycles. The molecule has 0 radical (unpaired) electrons. The highest BCUT2D eigenvalue weighted by Gasteiger charge is 2.31. The fourth-order valence-corrected chi connectivity index (χ4v) is 3.30. The predicted octanol–water partition coefficient (Wildman–Crippen LogP) is -0.522. The second-order valence-corrected chi connectivity index (χ2v) is 6.28. The number of ether oxygens (including phenoxy) is 1. The van der Waals surface area contributed by atoms with E-state index >= 15 is 0 Å². The van der Waals surface area contributed by atoms with Gasteiger partial charge in [0.1, 0.15) is 0 Å². The van der Waals surface area contributed by atoms with Crippen LogP contribution in [-0.2, 0) is 19.7 Å². The van der Waals surface area contributed by atoms with Gasteiger partial charge in [-0.2, -0.15) is 12.7 Å². The van der Waals surface area contributed by atoms with Crippen LogP contribution in [0.15, 0.2) is 0 Å². The van der Waals surface area contributed by atoms with Crippen molar-refractivity contribution >= 4 is 16.2 Å². The van der Waals surface area contributed by atoms with E-state index in [9.17, 15) is 13.2 Å². The van der Waals surface area contributed by atoms with Gasteiger partial charge in [0.2, 0.25) is 0 Å². The van der Waals surface area contributed by atoms with Gasteiger partial charge >= 0.3 is 5.97 Å². The molecule has 1 saturated heterocycles. The number of nitrogens with one attached hydrogen (secondary N) is 1. The van der Waals surface area contributed by atoms with E-state index in [4.69, 9.17) is 5.11 Å². The molecule has 1 heterocycles. The molecule has 0 spiro atoms. The largest absolute Gasteiger partial charge is 0.469 e. The van der Waals surface area contributed by atoms with Gasteiger partial charge in [-0.25, -0.2) is 4.72 Å². The SMILES string of the molecule is COC(=O)C1CCN(S(=O)(=O)NCCCCO)CC1. The fraction of sp³-hybridized carbons (Fsp3) is 0.909. The summed E-state index contributed by atoms with van der Waals surface area (Å²) in [5.74, 6) is -0.473. The Morgan fingerprint density at radius 1 is 1.37 bits per heavy atom. The zero-order chi connectivity index (χ0) is 14.3. The average Bonchev–Trinajstić information content (AvgIpc) is 2.43. The number of aliphatic hydroxyl groups is 1. The highest BCUT2D eigenvalue weighted by Crippen LogP contribution is 2.20. The Hall–Kier alpha value is -0.700. The summed E-state index contributed by atoms with van der Waals surface area (Å²) in [5, 5.41) is 8.62. The maximum absolute atomic E-state index is 11.9. The van der Waals surface area contributed by atoms with Crippen LogP contribution < -0.4 is 4.72 Å². The molecule has 0 aromatic rings. The van der Waals surface area contributed by atoms with E-state index in [0.717, 1.165) is 0 Å². The van der Waals surface area contributed by atoms with Crippen LogP contribution in [0.25, 0.3) is 0 Å². The van der Waals surface area contributed by atoms with Gasteiger partial charge in [-0.1, -0.05) is 0 Å². The van der Waals surface area contributed by atoms with Gasteiger partial charge in [-0.05, 0) is 25.7 Å². The molecule has 112 valence electrons. The highest BCUT2D eigenvalue weighted by molar-refractivity contribution is 7.87. The fourth-order valence-electron chi connectivity index (χ4n) is 2.03.